The van der Waals surface area contributed by atoms with Crippen molar-refractivity contribution in [2.24, 2.45) is 5.92 Å². The van der Waals surface area contributed by atoms with Crippen molar-refractivity contribution in [2.75, 3.05) is 32.8 Å². The van der Waals surface area contributed by atoms with E-state index < -0.39 is 0 Å². The van der Waals surface area contributed by atoms with Gasteiger partial charge >= 0.3 is 0 Å². The lowest BCUT2D eigenvalue weighted by molar-refractivity contribution is 0.0633. The predicted octanol–water partition coefficient (Wildman–Crippen LogP) is 0.418. The molecule has 0 unspecified atom stereocenters. The predicted molar refractivity (Wildman–Crippen MR) is 65.2 cm³/mol. The number of β-amino-alcohol motifs (C(OH)–C–C–N with tert-alkyl or cyclic N) is 1. The minimum atomic E-state index is -0.0134. The van der Waals surface area contributed by atoms with Crippen LogP contribution in [0, 0.1) is 5.92 Å². The number of hydrogen-bond donors (Lipinski definition) is 1. The zero-order valence-corrected chi connectivity index (χ0v) is 10.3. The van der Waals surface area contributed by atoms with Crippen LogP contribution in [0.15, 0.2) is 22.8 Å². The monoisotopic (exact) mass is 250 g/mol. The Labute approximate surface area is 106 Å². The summed E-state index contributed by atoms with van der Waals surface area (Å²) < 4.78 is 5.17. The molecule has 2 fully saturated rings. The summed E-state index contributed by atoms with van der Waals surface area (Å²) in [4.78, 5) is 16.4. The molecule has 18 heavy (non-hydrogen) atoms. The standard InChI is InChI=1S/C13H18N2O3/c16-4-3-14-7-10-6-11(14)9-15(8-10)13(17)12-2-1-5-18-12/h1-2,5,10-11,16H,3-4,6-9H2/t10-,11-/m0/s1. The molecule has 98 valence electrons. The van der Waals surface area contributed by atoms with Crippen LogP contribution in [-0.4, -0.2) is 59.6 Å². The summed E-state index contributed by atoms with van der Waals surface area (Å²) in [6, 6.07) is 3.85. The van der Waals surface area contributed by atoms with Crippen LogP contribution in [0.3, 0.4) is 0 Å². The fourth-order valence-corrected chi connectivity index (χ4v) is 3.18. The quantitative estimate of drug-likeness (QED) is 0.844. The molecule has 0 radical (unpaired) electrons. The summed E-state index contributed by atoms with van der Waals surface area (Å²) in [6.07, 6.45) is 2.67. The minimum Gasteiger partial charge on any atom is -0.459 e. The molecule has 2 saturated heterocycles. The van der Waals surface area contributed by atoms with E-state index in [1.807, 2.05) is 4.90 Å². The van der Waals surface area contributed by atoms with Crippen LogP contribution in [-0.2, 0) is 0 Å². The number of carbonyl (C=O) groups is 1. The topological polar surface area (TPSA) is 56.9 Å². The smallest absolute Gasteiger partial charge is 0.289 e. The van der Waals surface area contributed by atoms with Crippen molar-refractivity contribution in [3.63, 3.8) is 0 Å². The number of rotatable bonds is 3. The van der Waals surface area contributed by atoms with Gasteiger partial charge in [0.15, 0.2) is 5.76 Å². The second-order valence-electron chi connectivity index (χ2n) is 5.16. The number of likely N-dealkylation sites (tertiary alicyclic amines) is 2. The number of piperidine rings is 1. The first-order valence-electron chi connectivity index (χ1n) is 6.45. The summed E-state index contributed by atoms with van der Waals surface area (Å²) in [6.45, 7) is 3.44. The lowest BCUT2D eigenvalue weighted by atomic mass is 10.00. The molecule has 0 spiro atoms. The van der Waals surface area contributed by atoms with Gasteiger partial charge in [0.25, 0.3) is 5.91 Å². The fourth-order valence-electron chi connectivity index (χ4n) is 3.18. The Hall–Kier alpha value is -1.33. The van der Waals surface area contributed by atoms with Gasteiger partial charge in [-0.25, -0.2) is 0 Å². The molecule has 2 atom stereocenters. The summed E-state index contributed by atoms with van der Waals surface area (Å²) in [7, 11) is 0. The number of aliphatic hydroxyl groups is 1. The van der Waals surface area contributed by atoms with Crippen LogP contribution in [0.5, 0.6) is 0 Å². The number of aliphatic hydroxyl groups excluding tert-OH is 1. The van der Waals surface area contributed by atoms with E-state index in [-0.39, 0.29) is 12.5 Å². The maximum absolute atomic E-state index is 12.2. The SMILES string of the molecule is O=C(c1ccco1)N1C[C@H]2C[C@@H](C1)N(CCO)C2. The number of amides is 1. The Bertz CT molecular complexity index is 418. The van der Waals surface area contributed by atoms with Gasteiger partial charge < -0.3 is 14.4 Å². The van der Waals surface area contributed by atoms with Crippen LogP contribution >= 0.6 is 0 Å². The highest BCUT2D eigenvalue weighted by molar-refractivity contribution is 5.91. The number of furan rings is 1. The molecular formula is C13H18N2O3. The summed E-state index contributed by atoms with van der Waals surface area (Å²) in [5, 5.41) is 9.03. The Balaban J connectivity index is 1.69. The maximum Gasteiger partial charge on any atom is 0.289 e. The van der Waals surface area contributed by atoms with Gasteiger partial charge in [0.2, 0.25) is 0 Å². The second-order valence-corrected chi connectivity index (χ2v) is 5.16. The van der Waals surface area contributed by atoms with Crippen molar-refractivity contribution in [1.29, 1.82) is 0 Å². The maximum atomic E-state index is 12.2. The lowest BCUT2D eigenvalue weighted by Crippen LogP contribution is -2.45. The van der Waals surface area contributed by atoms with E-state index in [0.717, 1.165) is 26.1 Å². The van der Waals surface area contributed by atoms with E-state index >= 15 is 0 Å². The zero-order chi connectivity index (χ0) is 12.5. The molecule has 0 aliphatic carbocycles. The van der Waals surface area contributed by atoms with E-state index in [4.69, 9.17) is 9.52 Å². The molecule has 5 nitrogen and oxygen atoms in total. The van der Waals surface area contributed by atoms with E-state index in [1.165, 1.54) is 6.26 Å². The van der Waals surface area contributed by atoms with Crippen molar-refractivity contribution in [3.8, 4) is 0 Å². The average molecular weight is 250 g/mol. The first-order chi connectivity index (χ1) is 8.78. The molecule has 1 aromatic rings. The Morgan fingerprint density at radius 1 is 1.44 bits per heavy atom. The van der Waals surface area contributed by atoms with Crippen LogP contribution in [0.25, 0.3) is 0 Å². The summed E-state index contributed by atoms with van der Waals surface area (Å²) >= 11 is 0. The fraction of sp³-hybridized carbons (Fsp3) is 0.615. The molecule has 5 heteroatoms. The number of hydrogen-bond acceptors (Lipinski definition) is 4. The van der Waals surface area contributed by atoms with Crippen molar-refractivity contribution in [1.82, 2.24) is 9.80 Å². The molecule has 0 aromatic carbocycles. The van der Waals surface area contributed by atoms with Crippen molar-refractivity contribution in [2.45, 2.75) is 12.5 Å². The van der Waals surface area contributed by atoms with Gasteiger partial charge in [0.1, 0.15) is 0 Å². The lowest BCUT2D eigenvalue weighted by Gasteiger charge is -2.32. The molecule has 2 aliphatic heterocycles. The van der Waals surface area contributed by atoms with E-state index in [2.05, 4.69) is 4.90 Å². The molecule has 2 aliphatic rings. The minimum absolute atomic E-state index is 0.0134. The summed E-state index contributed by atoms with van der Waals surface area (Å²) in [5.74, 6) is 0.944. The first kappa shape index (κ1) is 11.7. The number of nitrogens with zero attached hydrogens (tertiary/aromatic N) is 2. The third-order valence-corrected chi connectivity index (χ3v) is 3.93. The van der Waals surface area contributed by atoms with Crippen molar-refractivity contribution >= 4 is 5.91 Å². The normalized spacial score (nSPS) is 27.7. The number of fused-ring (bicyclic) bond motifs is 2. The molecule has 1 N–H and O–H groups in total. The highest BCUT2D eigenvalue weighted by atomic mass is 16.3. The number of carbonyl (C=O) groups excluding carboxylic acids is 1. The summed E-state index contributed by atoms with van der Waals surface area (Å²) in [5.41, 5.74) is 0. The molecule has 0 saturated carbocycles. The van der Waals surface area contributed by atoms with Crippen LogP contribution < -0.4 is 0 Å². The Morgan fingerprint density at radius 2 is 2.33 bits per heavy atom. The van der Waals surface area contributed by atoms with Crippen LogP contribution in [0.4, 0.5) is 0 Å². The van der Waals surface area contributed by atoms with Crippen molar-refractivity contribution < 1.29 is 14.3 Å². The largest absolute Gasteiger partial charge is 0.459 e. The van der Waals surface area contributed by atoms with Gasteiger partial charge in [-0.05, 0) is 24.5 Å². The zero-order valence-electron chi connectivity index (χ0n) is 10.3. The highest BCUT2D eigenvalue weighted by Gasteiger charge is 2.40. The molecule has 3 heterocycles. The molecule has 3 rings (SSSR count). The van der Waals surface area contributed by atoms with E-state index in [9.17, 15) is 4.79 Å². The van der Waals surface area contributed by atoms with Gasteiger partial charge in [0.05, 0.1) is 12.9 Å². The first-order valence-corrected chi connectivity index (χ1v) is 6.45. The van der Waals surface area contributed by atoms with Gasteiger partial charge in [0, 0.05) is 32.2 Å². The van der Waals surface area contributed by atoms with Crippen LogP contribution in [0.1, 0.15) is 17.0 Å². The van der Waals surface area contributed by atoms with Gasteiger partial charge in [-0.15, -0.1) is 0 Å². The molecule has 2 bridgehead atoms. The Kier molecular flexibility index (Phi) is 3.09. The second kappa shape index (κ2) is 4.74. The van der Waals surface area contributed by atoms with E-state index in [1.54, 1.807) is 12.1 Å². The van der Waals surface area contributed by atoms with Gasteiger partial charge in [-0.3, -0.25) is 9.69 Å². The van der Waals surface area contributed by atoms with E-state index in [0.29, 0.717) is 24.3 Å². The molecular weight excluding hydrogens is 232 g/mol. The van der Waals surface area contributed by atoms with Crippen molar-refractivity contribution in [3.05, 3.63) is 24.2 Å². The Morgan fingerprint density at radius 3 is 3.06 bits per heavy atom. The van der Waals surface area contributed by atoms with Gasteiger partial charge in [-0.1, -0.05) is 0 Å². The molecule has 1 aromatic heterocycles. The highest BCUT2D eigenvalue weighted by Crippen LogP contribution is 2.30. The average Bonchev–Trinajstić information content (AvgIpc) is 2.98. The molecule has 1 amide bonds. The van der Waals surface area contributed by atoms with Crippen LogP contribution in [0.2, 0.25) is 0 Å². The van der Waals surface area contributed by atoms with Gasteiger partial charge in [-0.2, -0.15) is 0 Å². The third kappa shape index (κ3) is 2.04. The third-order valence-electron chi connectivity index (χ3n) is 3.93.